The average Bonchev–Trinajstić information content (AvgIpc) is 2.58. The Balaban J connectivity index is 0.000000433. The lowest BCUT2D eigenvalue weighted by Gasteiger charge is -2.20. The molecule has 0 N–H and O–H groups in total. The molecule has 0 bridgehead atoms. The van der Waals surface area contributed by atoms with Gasteiger partial charge in [0.05, 0.1) is 0 Å². The van der Waals surface area contributed by atoms with Gasteiger partial charge in [-0.3, -0.25) is 0 Å². The minimum atomic E-state index is 0.969. The average molecular weight is 325 g/mol. The Hall–Kier alpha value is 0. The van der Waals surface area contributed by atoms with Crippen molar-refractivity contribution in [1.29, 1.82) is 0 Å². The van der Waals surface area contributed by atoms with Gasteiger partial charge in [-0.2, -0.15) is 0 Å². The summed E-state index contributed by atoms with van der Waals surface area (Å²) in [5.41, 5.74) is 0. The van der Waals surface area contributed by atoms with E-state index in [0.29, 0.717) is 0 Å². The molecule has 0 nitrogen and oxygen atoms in total. The molecule has 23 heavy (non-hydrogen) atoms. The summed E-state index contributed by atoms with van der Waals surface area (Å²) < 4.78 is 0. The van der Waals surface area contributed by atoms with Gasteiger partial charge in [0.1, 0.15) is 0 Å². The lowest BCUT2D eigenvalue weighted by atomic mass is 9.86. The Bertz CT molecular complexity index is 202. The summed E-state index contributed by atoms with van der Waals surface area (Å²) in [6.45, 7) is 9.26. The first-order valence-corrected chi connectivity index (χ1v) is 11.2. The first-order chi connectivity index (χ1) is 11.2. The molecule has 0 aliphatic heterocycles. The minimum Gasteiger partial charge on any atom is -0.0654 e. The Labute approximate surface area is 149 Å². The SMILES string of the molecule is CCCCC1CCCCC1.CCCCCCCCC(C)CCC. The maximum atomic E-state index is 2.40. The van der Waals surface area contributed by atoms with Crippen LogP contribution in [0.2, 0.25) is 0 Å². The van der Waals surface area contributed by atoms with Gasteiger partial charge in [-0.15, -0.1) is 0 Å². The van der Waals surface area contributed by atoms with Crippen LogP contribution in [0.4, 0.5) is 0 Å². The van der Waals surface area contributed by atoms with Gasteiger partial charge in [-0.25, -0.2) is 0 Å². The Kier molecular flexibility index (Phi) is 18.3. The molecule has 0 aromatic heterocycles. The summed E-state index contributed by atoms with van der Waals surface area (Å²) >= 11 is 0. The van der Waals surface area contributed by atoms with Crippen LogP contribution in [0.15, 0.2) is 0 Å². The fourth-order valence-corrected chi connectivity index (χ4v) is 3.88. The zero-order chi connectivity index (χ0) is 17.2. The predicted octanol–water partition coefficient (Wildman–Crippen LogP) is 8.93. The third-order valence-electron chi connectivity index (χ3n) is 5.52. The molecule has 0 spiro atoms. The number of unbranched alkanes of at least 4 members (excludes halogenated alkanes) is 6. The van der Waals surface area contributed by atoms with Gasteiger partial charge in [0.25, 0.3) is 0 Å². The Morgan fingerprint density at radius 2 is 1.26 bits per heavy atom. The van der Waals surface area contributed by atoms with Crippen LogP contribution < -0.4 is 0 Å². The van der Waals surface area contributed by atoms with Crippen molar-refractivity contribution in [2.24, 2.45) is 11.8 Å². The van der Waals surface area contributed by atoms with Gasteiger partial charge in [0.2, 0.25) is 0 Å². The first-order valence-electron chi connectivity index (χ1n) is 11.2. The summed E-state index contributed by atoms with van der Waals surface area (Å²) in [7, 11) is 0. The molecule has 0 heterocycles. The maximum Gasteiger partial charge on any atom is -0.0414 e. The van der Waals surface area contributed by atoms with Crippen LogP contribution >= 0.6 is 0 Å². The highest BCUT2D eigenvalue weighted by molar-refractivity contribution is 4.65. The molecule has 1 atom stereocenters. The fourth-order valence-electron chi connectivity index (χ4n) is 3.88. The van der Waals surface area contributed by atoms with Gasteiger partial charge in [0.15, 0.2) is 0 Å². The molecule has 0 aromatic rings. The third kappa shape index (κ3) is 16.6. The van der Waals surface area contributed by atoms with E-state index in [0.717, 1.165) is 11.8 Å². The van der Waals surface area contributed by atoms with Crippen LogP contribution in [0.1, 0.15) is 137 Å². The second-order valence-corrected chi connectivity index (χ2v) is 8.10. The number of hydrogen-bond donors (Lipinski definition) is 0. The summed E-state index contributed by atoms with van der Waals surface area (Å²) in [5.74, 6) is 2.07. The molecule has 0 amide bonds. The molecule has 1 aliphatic rings. The van der Waals surface area contributed by atoms with Gasteiger partial charge < -0.3 is 0 Å². The van der Waals surface area contributed by atoms with Crippen LogP contribution in [-0.2, 0) is 0 Å². The molecular weight excluding hydrogens is 276 g/mol. The molecule has 1 rings (SSSR count). The lowest BCUT2D eigenvalue weighted by molar-refractivity contribution is 0.331. The summed E-state index contributed by atoms with van der Waals surface area (Å²) in [4.78, 5) is 0. The van der Waals surface area contributed by atoms with Crippen molar-refractivity contribution in [1.82, 2.24) is 0 Å². The highest BCUT2D eigenvalue weighted by atomic mass is 14.2. The molecule has 140 valence electrons. The van der Waals surface area contributed by atoms with E-state index in [1.165, 1.54) is 109 Å². The van der Waals surface area contributed by atoms with Crippen molar-refractivity contribution in [2.75, 3.05) is 0 Å². The monoisotopic (exact) mass is 324 g/mol. The van der Waals surface area contributed by atoms with Crippen LogP contribution in [-0.4, -0.2) is 0 Å². The summed E-state index contributed by atoms with van der Waals surface area (Å²) in [6.07, 6.45) is 24.8. The fraction of sp³-hybridized carbons (Fsp3) is 1.00. The molecule has 0 saturated heterocycles. The predicted molar refractivity (Wildman–Crippen MR) is 108 cm³/mol. The largest absolute Gasteiger partial charge is 0.0654 e. The standard InChI is InChI=1S/C13H28.C10H20/c1-4-6-7-8-9-10-12-13(3)11-5-2;1-2-3-7-10-8-5-4-6-9-10/h13H,4-12H2,1-3H3;10H,2-9H2,1H3. The van der Waals surface area contributed by atoms with Crippen LogP contribution in [0.5, 0.6) is 0 Å². The van der Waals surface area contributed by atoms with E-state index >= 15 is 0 Å². The van der Waals surface area contributed by atoms with E-state index in [9.17, 15) is 0 Å². The van der Waals surface area contributed by atoms with Crippen LogP contribution in [0, 0.1) is 11.8 Å². The number of hydrogen-bond acceptors (Lipinski definition) is 0. The van der Waals surface area contributed by atoms with E-state index < -0.39 is 0 Å². The third-order valence-corrected chi connectivity index (χ3v) is 5.52. The molecule has 1 fully saturated rings. The lowest BCUT2D eigenvalue weighted by Crippen LogP contribution is -2.05. The zero-order valence-corrected chi connectivity index (χ0v) is 17.2. The van der Waals surface area contributed by atoms with Crippen molar-refractivity contribution < 1.29 is 0 Å². The van der Waals surface area contributed by atoms with Crippen molar-refractivity contribution in [2.45, 2.75) is 137 Å². The molecule has 1 aliphatic carbocycles. The summed E-state index contributed by atoms with van der Waals surface area (Å²) in [6, 6.07) is 0. The second-order valence-electron chi connectivity index (χ2n) is 8.10. The molecule has 0 radical (unpaired) electrons. The molecule has 1 unspecified atom stereocenters. The highest BCUT2D eigenvalue weighted by Gasteiger charge is 2.11. The van der Waals surface area contributed by atoms with Gasteiger partial charge in [-0.05, 0) is 11.8 Å². The van der Waals surface area contributed by atoms with Crippen molar-refractivity contribution in [3.63, 3.8) is 0 Å². The smallest absolute Gasteiger partial charge is 0.0414 e. The van der Waals surface area contributed by atoms with Crippen molar-refractivity contribution in [3.8, 4) is 0 Å². The molecule has 0 heteroatoms. The number of rotatable bonds is 12. The summed E-state index contributed by atoms with van der Waals surface area (Å²) in [5, 5.41) is 0. The van der Waals surface area contributed by atoms with E-state index in [2.05, 4.69) is 27.7 Å². The van der Waals surface area contributed by atoms with Gasteiger partial charge in [-0.1, -0.05) is 137 Å². The topological polar surface area (TPSA) is 0 Å². The quantitative estimate of drug-likeness (QED) is 0.314. The normalized spacial score (nSPS) is 16.7. The molecule has 1 saturated carbocycles. The van der Waals surface area contributed by atoms with Gasteiger partial charge >= 0.3 is 0 Å². The van der Waals surface area contributed by atoms with E-state index in [1.54, 1.807) is 0 Å². The van der Waals surface area contributed by atoms with E-state index in [4.69, 9.17) is 0 Å². The van der Waals surface area contributed by atoms with Crippen LogP contribution in [0.3, 0.4) is 0 Å². The molecule has 0 aromatic carbocycles. The van der Waals surface area contributed by atoms with Crippen molar-refractivity contribution in [3.05, 3.63) is 0 Å². The minimum absolute atomic E-state index is 0.969. The van der Waals surface area contributed by atoms with Crippen LogP contribution in [0.25, 0.3) is 0 Å². The van der Waals surface area contributed by atoms with Gasteiger partial charge in [0, 0.05) is 0 Å². The Morgan fingerprint density at radius 3 is 1.87 bits per heavy atom. The maximum absolute atomic E-state index is 2.40. The van der Waals surface area contributed by atoms with E-state index in [1.807, 2.05) is 0 Å². The highest BCUT2D eigenvalue weighted by Crippen LogP contribution is 2.27. The van der Waals surface area contributed by atoms with Crippen molar-refractivity contribution >= 4 is 0 Å². The second kappa shape index (κ2) is 18.3. The zero-order valence-electron chi connectivity index (χ0n) is 17.2. The first kappa shape index (κ1) is 23.0. The Morgan fingerprint density at radius 1 is 0.652 bits per heavy atom. The molecular formula is C23H48. The van der Waals surface area contributed by atoms with E-state index in [-0.39, 0.29) is 0 Å².